The molecule has 0 amide bonds. The van der Waals surface area contributed by atoms with E-state index in [1.165, 1.54) is 37.7 Å². The molecule has 1 aromatic heterocycles. The average molecular weight is 262 g/mol. The second-order valence-electron chi connectivity index (χ2n) is 5.68. The van der Waals surface area contributed by atoms with Gasteiger partial charge in [0.1, 0.15) is 5.75 Å². The van der Waals surface area contributed by atoms with Gasteiger partial charge in [-0.3, -0.25) is 4.98 Å². The van der Waals surface area contributed by atoms with E-state index in [1.54, 1.807) is 7.11 Å². The number of aromatic nitrogens is 1. The minimum Gasteiger partial charge on any atom is -0.496 e. The Morgan fingerprint density at radius 2 is 2.00 bits per heavy atom. The Bertz CT molecular complexity index is 411. The van der Waals surface area contributed by atoms with Crippen molar-refractivity contribution in [1.29, 1.82) is 0 Å². The average Bonchev–Trinajstić information content (AvgIpc) is 2.43. The van der Waals surface area contributed by atoms with Crippen LogP contribution < -0.4 is 10.1 Å². The zero-order valence-electron chi connectivity index (χ0n) is 12.5. The predicted molar refractivity (Wildman–Crippen MR) is 78.5 cm³/mol. The monoisotopic (exact) mass is 262 g/mol. The highest BCUT2D eigenvalue weighted by Crippen LogP contribution is 2.25. The Balaban J connectivity index is 1.88. The first-order chi connectivity index (χ1) is 9.22. The minimum atomic E-state index is 0.846. The molecule has 1 fully saturated rings. The molecule has 1 saturated carbocycles. The van der Waals surface area contributed by atoms with Crippen molar-refractivity contribution in [2.75, 3.05) is 13.7 Å². The van der Waals surface area contributed by atoms with E-state index < -0.39 is 0 Å². The molecule has 1 aliphatic rings. The Morgan fingerprint density at radius 3 is 2.68 bits per heavy atom. The molecule has 0 unspecified atom stereocenters. The molecule has 106 valence electrons. The van der Waals surface area contributed by atoms with Gasteiger partial charge in [0.15, 0.2) is 0 Å². The number of hydrogen-bond acceptors (Lipinski definition) is 3. The molecule has 1 N–H and O–H groups in total. The van der Waals surface area contributed by atoms with Gasteiger partial charge in [-0.05, 0) is 39.2 Å². The second-order valence-corrected chi connectivity index (χ2v) is 5.68. The fourth-order valence-electron chi connectivity index (χ4n) is 3.04. The summed E-state index contributed by atoms with van der Waals surface area (Å²) in [6.45, 7) is 6.10. The fourth-order valence-corrected chi connectivity index (χ4v) is 3.04. The van der Waals surface area contributed by atoms with Crippen molar-refractivity contribution in [3.63, 3.8) is 0 Å². The van der Waals surface area contributed by atoms with Crippen LogP contribution in [0.15, 0.2) is 6.20 Å². The van der Waals surface area contributed by atoms with Crippen LogP contribution in [-0.2, 0) is 6.54 Å². The molecule has 1 aromatic rings. The summed E-state index contributed by atoms with van der Waals surface area (Å²) < 4.78 is 5.44. The van der Waals surface area contributed by atoms with Crippen molar-refractivity contribution >= 4 is 0 Å². The minimum absolute atomic E-state index is 0.846. The van der Waals surface area contributed by atoms with Crippen LogP contribution in [0.1, 0.15) is 48.9 Å². The van der Waals surface area contributed by atoms with Gasteiger partial charge < -0.3 is 10.1 Å². The number of aryl methyl sites for hydroxylation is 1. The zero-order valence-corrected chi connectivity index (χ0v) is 12.5. The molecule has 1 heterocycles. The van der Waals surface area contributed by atoms with E-state index in [2.05, 4.69) is 17.2 Å². The lowest BCUT2D eigenvalue weighted by molar-refractivity contribution is 0.341. The van der Waals surface area contributed by atoms with Crippen LogP contribution >= 0.6 is 0 Å². The highest BCUT2D eigenvalue weighted by Gasteiger charge is 2.14. The Hall–Kier alpha value is -1.09. The van der Waals surface area contributed by atoms with E-state index in [4.69, 9.17) is 4.74 Å². The third-order valence-corrected chi connectivity index (χ3v) is 4.20. The summed E-state index contributed by atoms with van der Waals surface area (Å²) in [5.74, 6) is 1.84. The van der Waals surface area contributed by atoms with Gasteiger partial charge >= 0.3 is 0 Å². The van der Waals surface area contributed by atoms with Gasteiger partial charge in [-0.1, -0.05) is 19.3 Å². The molecular formula is C16H26N2O. The Labute approximate surface area is 116 Å². The van der Waals surface area contributed by atoms with E-state index in [1.807, 2.05) is 13.1 Å². The van der Waals surface area contributed by atoms with E-state index >= 15 is 0 Å². The number of ether oxygens (including phenoxy) is 1. The second kappa shape index (κ2) is 6.90. The molecule has 2 rings (SSSR count). The molecule has 0 radical (unpaired) electrons. The summed E-state index contributed by atoms with van der Waals surface area (Å²) >= 11 is 0. The normalized spacial score (nSPS) is 16.6. The summed E-state index contributed by atoms with van der Waals surface area (Å²) in [7, 11) is 1.73. The Kier molecular flexibility index (Phi) is 5.20. The van der Waals surface area contributed by atoms with Gasteiger partial charge in [0.2, 0.25) is 0 Å². The number of rotatable bonds is 5. The topological polar surface area (TPSA) is 34.1 Å². The number of pyridine rings is 1. The molecule has 3 nitrogen and oxygen atoms in total. The predicted octanol–water partition coefficient (Wildman–Crippen LogP) is 3.38. The molecule has 0 saturated heterocycles. The van der Waals surface area contributed by atoms with Gasteiger partial charge in [-0.2, -0.15) is 0 Å². The van der Waals surface area contributed by atoms with Crippen molar-refractivity contribution < 1.29 is 4.74 Å². The third kappa shape index (κ3) is 3.69. The van der Waals surface area contributed by atoms with E-state index in [9.17, 15) is 0 Å². The van der Waals surface area contributed by atoms with Crippen LogP contribution in [0.2, 0.25) is 0 Å². The zero-order chi connectivity index (χ0) is 13.7. The van der Waals surface area contributed by atoms with Crippen molar-refractivity contribution in [2.24, 2.45) is 5.92 Å². The van der Waals surface area contributed by atoms with Gasteiger partial charge in [-0.25, -0.2) is 0 Å². The lowest BCUT2D eigenvalue weighted by atomic mass is 9.89. The number of methoxy groups -OCH3 is 1. The van der Waals surface area contributed by atoms with Gasteiger partial charge in [-0.15, -0.1) is 0 Å². The van der Waals surface area contributed by atoms with E-state index in [-0.39, 0.29) is 0 Å². The van der Waals surface area contributed by atoms with Gasteiger partial charge in [0.25, 0.3) is 0 Å². The van der Waals surface area contributed by atoms with E-state index in [0.29, 0.717) is 0 Å². The number of nitrogens with zero attached hydrogens (tertiary/aromatic N) is 1. The summed E-state index contributed by atoms with van der Waals surface area (Å²) in [6, 6.07) is 0. The van der Waals surface area contributed by atoms with Crippen LogP contribution in [-0.4, -0.2) is 18.6 Å². The highest BCUT2D eigenvalue weighted by atomic mass is 16.5. The van der Waals surface area contributed by atoms with Crippen molar-refractivity contribution in [3.05, 3.63) is 23.0 Å². The van der Waals surface area contributed by atoms with E-state index in [0.717, 1.165) is 36.0 Å². The van der Waals surface area contributed by atoms with Crippen molar-refractivity contribution in [1.82, 2.24) is 10.3 Å². The van der Waals surface area contributed by atoms with Crippen molar-refractivity contribution in [3.8, 4) is 5.75 Å². The first kappa shape index (κ1) is 14.3. The molecule has 1 aliphatic carbocycles. The standard InChI is InChI=1S/C16H26N2O/c1-12-9-18-15(13(2)16(12)19-3)11-17-10-14-7-5-4-6-8-14/h9,14,17H,4-8,10-11H2,1-3H3. The summed E-state index contributed by atoms with van der Waals surface area (Å²) in [4.78, 5) is 4.53. The van der Waals surface area contributed by atoms with Crippen LogP contribution in [0.5, 0.6) is 5.75 Å². The molecule has 0 spiro atoms. The SMILES string of the molecule is COc1c(C)cnc(CNCC2CCCCC2)c1C. The summed E-state index contributed by atoms with van der Waals surface area (Å²) in [6.07, 6.45) is 8.91. The fraction of sp³-hybridized carbons (Fsp3) is 0.688. The number of hydrogen-bond donors (Lipinski definition) is 1. The third-order valence-electron chi connectivity index (χ3n) is 4.20. The van der Waals surface area contributed by atoms with Crippen LogP contribution in [0.25, 0.3) is 0 Å². The maximum atomic E-state index is 5.44. The lowest BCUT2D eigenvalue weighted by Gasteiger charge is -2.22. The molecule has 0 bridgehead atoms. The smallest absolute Gasteiger partial charge is 0.128 e. The molecule has 0 atom stereocenters. The molecule has 19 heavy (non-hydrogen) atoms. The molecule has 0 aromatic carbocycles. The first-order valence-electron chi connectivity index (χ1n) is 7.42. The van der Waals surface area contributed by atoms with Crippen LogP contribution in [0, 0.1) is 19.8 Å². The Morgan fingerprint density at radius 1 is 1.26 bits per heavy atom. The number of nitrogens with one attached hydrogen (secondary N) is 1. The first-order valence-corrected chi connectivity index (χ1v) is 7.42. The lowest BCUT2D eigenvalue weighted by Crippen LogP contribution is -2.25. The summed E-state index contributed by atoms with van der Waals surface area (Å²) in [5.41, 5.74) is 3.38. The van der Waals surface area contributed by atoms with Gasteiger partial charge in [0, 0.05) is 23.9 Å². The maximum Gasteiger partial charge on any atom is 0.128 e. The van der Waals surface area contributed by atoms with Crippen LogP contribution in [0.3, 0.4) is 0 Å². The van der Waals surface area contributed by atoms with Gasteiger partial charge in [0.05, 0.1) is 12.8 Å². The largest absolute Gasteiger partial charge is 0.496 e. The quantitative estimate of drug-likeness (QED) is 0.883. The molecular weight excluding hydrogens is 236 g/mol. The molecule has 0 aliphatic heterocycles. The molecule has 3 heteroatoms. The van der Waals surface area contributed by atoms with Crippen LogP contribution in [0.4, 0.5) is 0 Å². The maximum absolute atomic E-state index is 5.44. The highest BCUT2D eigenvalue weighted by molar-refractivity contribution is 5.40. The van der Waals surface area contributed by atoms with Crippen molar-refractivity contribution in [2.45, 2.75) is 52.5 Å². The summed E-state index contributed by atoms with van der Waals surface area (Å²) in [5, 5.41) is 3.56.